The highest BCUT2D eigenvalue weighted by molar-refractivity contribution is 6.03. The number of methoxy groups -OCH3 is 2. The second-order valence-corrected chi connectivity index (χ2v) is 11.2. The second-order valence-electron chi connectivity index (χ2n) is 11.2. The van der Waals surface area contributed by atoms with E-state index in [0.717, 1.165) is 38.6 Å². The molecule has 0 spiro atoms. The molecule has 0 unspecified atom stereocenters. The van der Waals surface area contributed by atoms with E-state index in [1.54, 1.807) is 37.3 Å². The van der Waals surface area contributed by atoms with Gasteiger partial charge >= 0.3 is 0 Å². The number of anilines is 1. The highest BCUT2D eigenvalue weighted by Gasteiger charge is 2.38. The van der Waals surface area contributed by atoms with Crippen LogP contribution in [-0.4, -0.2) is 98.2 Å². The molecule has 4 aliphatic heterocycles. The molecule has 4 aliphatic rings. The first-order chi connectivity index (χ1) is 20.5. The van der Waals surface area contributed by atoms with Crippen LogP contribution in [0.1, 0.15) is 59.2 Å². The Morgan fingerprint density at radius 1 is 0.905 bits per heavy atom. The quantitative estimate of drug-likeness (QED) is 0.410. The summed E-state index contributed by atoms with van der Waals surface area (Å²) in [5.74, 6) is 2.07. The van der Waals surface area contributed by atoms with Crippen LogP contribution in [0.5, 0.6) is 23.0 Å². The molecule has 2 fully saturated rings. The Bertz CT molecular complexity index is 1380. The smallest absolute Gasteiger partial charge is 0.256 e. The molecule has 0 radical (unpaired) electrons. The molecule has 11 heteroatoms. The van der Waals surface area contributed by atoms with E-state index in [1.807, 2.05) is 17.2 Å². The van der Waals surface area contributed by atoms with E-state index in [1.165, 1.54) is 0 Å². The Kier molecular flexibility index (Phi) is 8.10. The minimum absolute atomic E-state index is 0.0106. The van der Waals surface area contributed by atoms with Crippen molar-refractivity contribution < 1.29 is 33.6 Å². The van der Waals surface area contributed by atoms with Crippen LogP contribution in [0.15, 0.2) is 29.3 Å². The summed E-state index contributed by atoms with van der Waals surface area (Å²) in [5, 5.41) is 13.4. The number of hydrogen-bond donors (Lipinski definition) is 2. The third-order valence-electron chi connectivity index (χ3n) is 8.48. The molecule has 11 nitrogen and oxygen atoms in total. The fourth-order valence-electron chi connectivity index (χ4n) is 6.24. The maximum absolute atomic E-state index is 13.1. The number of benzene rings is 2. The maximum Gasteiger partial charge on any atom is 0.256 e. The van der Waals surface area contributed by atoms with Crippen LogP contribution >= 0.6 is 0 Å². The summed E-state index contributed by atoms with van der Waals surface area (Å²) in [6.45, 7) is 2.65. The van der Waals surface area contributed by atoms with Gasteiger partial charge in [-0.15, -0.1) is 0 Å². The van der Waals surface area contributed by atoms with E-state index >= 15 is 0 Å². The topological polar surface area (TPSA) is 122 Å². The van der Waals surface area contributed by atoms with E-state index in [2.05, 4.69) is 10.3 Å². The van der Waals surface area contributed by atoms with Crippen molar-refractivity contribution in [3.05, 3.63) is 35.4 Å². The minimum atomic E-state index is -0.486. The third-order valence-corrected chi connectivity index (χ3v) is 8.48. The van der Waals surface area contributed by atoms with Crippen molar-refractivity contribution in [2.75, 3.05) is 52.4 Å². The standard InChI is InChI=1S/C31H38N4O7/c1-39-26-12-22-24(32-16-19-7-6-8-34(19)30(22)37)14-28(26)41-9-4-3-5-10-42-29-15-25-23(13-27(29)40-2)31(38)35-18-21(36)11-20(35)17-33-25/h12-16,19-21,33,36H,3-11,17-18H2,1-2H3/t19-,20-,21+/m0/s1. The summed E-state index contributed by atoms with van der Waals surface area (Å²) in [7, 11) is 3.13. The van der Waals surface area contributed by atoms with Crippen LogP contribution in [0.2, 0.25) is 0 Å². The fraction of sp³-hybridized carbons (Fsp3) is 0.516. The Labute approximate surface area is 245 Å². The predicted octanol–water partition coefficient (Wildman–Crippen LogP) is 3.65. The summed E-state index contributed by atoms with van der Waals surface area (Å²) in [5.41, 5.74) is 2.40. The molecule has 42 heavy (non-hydrogen) atoms. The van der Waals surface area contributed by atoms with Gasteiger partial charge in [0.1, 0.15) is 0 Å². The fourth-order valence-corrected chi connectivity index (χ4v) is 6.24. The van der Waals surface area contributed by atoms with Crippen molar-refractivity contribution in [3.8, 4) is 23.0 Å². The number of fused-ring (bicyclic) bond motifs is 4. The molecule has 2 saturated heterocycles. The molecule has 2 amide bonds. The normalized spacial score (nSPS) is 22.4. The SMILES string of the molecule is COc1cc2c(cc1OCCCCCOc1cc3c(cc1OC)C(=O)N1C[C@H](O)C[C@H]1CN3)N=C[C@@H]1CCCN1C2=O. The molecular formula is C31H38N4O7. The van der Waals surface area contributed by atoms with E-state index in [-0.39, 0.29) is 23.9 Å². The Balaban J connectivity index is 1.01. The van der Waals surface area contributed by atoms with E-state index < -0.39 is 6.10 Å². The molecule has 2 aromatic rings. The lowest BCUT2D eigenvalue weighted by Crippen LogP contribution is -2.37. The summed E-state index contributed by atoms with van der Waals surface area (Å²) in [6.07, 6.45) is 6.38. The number of carbonyl (C=O) groups is 2. The molecule has 224 valence electrons. The van der Waals surface area contributed by atoms with Crippen molar-refractivity contribution >= 4 is 29.4 Å². The number of ether oxygens (including phenoxy) is 4. The van der Waals surface area contributed by atoms with Crippen molar-refractivity contribution in [1.29, 1.82) is 0 Å². The Morgan fingerprint density at radius 3 is 2.33 bits per heavy atom. The number of nitrogens with one attached hydrogen (secondary N) is 1. The monoisotopic (exact) mass is 578 g/mol. The first-order valence-electron chi connectivity index (χ1n) is 14.7. The van der Waals surface area contributed by atoms with Gasteiger partial charge in [0.2, 0.25) is 0 Å². The van der Waals surface area contributed by atoms with Crippen molar-refractivity contribution in [2.24, 2.45) is 4.99 Å². The lowest BCUT2D eigenvalue weighted by Gasteiger charge is -2.21. The van der Waals surface area contributed by atoms with Gasteiger partial charge in [0.05, 0.1) is 68.1 Å². The van der Waals surface area contributed by atoms with Gasteiger partial charge in [0.25, 0.3) is 11.8 Å². The average molecular weight is 579 g/mol. The lowest BCUT2D eigenvalue weighted by molar-refractivity contribution is 0.0727. The van der Waals surface area contributed by atoms with Gasteiger partial charge in [-0.1, -0.05) is 0 Å². The first kappa shape index (κ1) is 28.1. The largest absolute Gasteiger partial charge is 0.493 e. The van der Waals surface area contributed by atoms with Crippen LogP contribution in [0.3, 0.4) is 0 Å². The van der Waals surface area contributed by atoms with Gasteiger partial charge in [-0.3, -0.25) is 14.6 Å². The maximum atomic E-state index is 13.1. The van der Waals surface area contributed by atoms with E-state index in [9.17, 15) is 14.7 Å². The van der Waals surface area contributed by atoms with E-state index in [0.29, 0.717) is 78.2 Å². The average Bonchev–Trinajstić information content (AvgIpc) is 3.57. The summed E-state index contributed by atoms with van der Waals surface area (Å²) in [6, 6.07) is 7.11. The summed E-state index contributed by atoms with van der Waals surface area (Å²) >= 11 is 0. The van der Waals surface area contributed by atoms with Crippen molar-refractivity contribution in [2.45, 2.75) is 56.7 Å². The van der Waals surface area contributed by atoms with Gasteiger partial charge in [-0.05, 0) is 50.7 Å². The molecule has 0 aliphatic carbocycles. The first-order valence-corrected chi connectivity index (χ1v) is 14.7. The zero-order valence-electron chi connectivity index (χ0n) is 24.1. The molecule has 2 aromatic carbocycles. The molecule has 0 aromatic heterocycles. The highest BCUT2D eigenvalue weighted by Crippen LogP contribution is 2.39. The molecule has 6 rings (SSSR count). The summed E-state index contributed by atoms with van der Waals surface area (Å²) in [4.78, 5) is 34.4. The van der Waals surface area contributed by atoms with Crippen molar-refractivity contribution in [3.63, 3.8) is 0 Å². The Morgan fingerprint density at radius 2 is 1.60 bits per heavy atom. The van der Waals surface area contributed by atoms with Gasteiger partial charge in [0.15, 0.2) is 23.0 Å². The molecular weight excluding hydrogens is 540 g/mol. The number of nitrogens with zero attached hydrogens (tertiary/aromatic N) is 3. The van der Waals surface area contributed by atoms with Crippen LogP contribution < -0.4 is 24.3 Å². The van der Waals surface area contributed by atoms with Crippen LogP contribution in [0, 0.1) is 0 Å². The summed E-state index contributed by atoms with van der Waals surface area (Å²) < 4.78 is 23.2. The van der Waals surface area contributed by atoms with Crippen LogP contribution in [-0.2, 0) is 0 Å². The molecule has 0 saturated carbocycles. The Hall–Kier alpha value is -3.99. The number of unbranched alkanes of at least 4 members (excludes halogenated alkanes) is 2. The van der Waals surface area contributed by atoms with Gasteiger partial charge in [-0.2, -0.15) is 0 Å². The molecule has 3 atom stereocenters. The number of aliphatic imine (C=N–C) groups is 1. The number of hydrogen-bond acceptors (Lipinski definition) is 9. The third kappa shape index (κ3) is 5.45. The highest BCUT2D eigenvalue weighted by atomic mass is 16.5. The van der Waals surface area contributed by atoms with Crippen molar-refractivity contribution in [1.82, 2.24) is 9.80 Å². The zero-order valence-corrected chi connectivity index (χ0v) is 24.1. The molecule has 0 bridgehead atoms. The van der Waals surface area contributed by atoms with E-state index in [4.69, 9.17) is 18.9 Å². The predicted molar refractivity (Wildman–Crippen MR) is 157 cm³/mol. The lowest BCUT2D eigenvalue weighted by atomic mass is 10.1. The number of amides is 2. The van der Waals surface area contributed by atoms with Gasteiger partial charge < -0.3 is 39.2 Å². The second kappa shape index (κ2) is 12.1. The number of aliphatic hydroxyl groups excluding tert-OH is 1. The van der Waals surface area contributed by atoms with Crippen LogP contribution in [0.4, 0.5) is 11.4 Å². The molecule has 4 heterocycles. The van der Waals surface area contributed by atoms with Crippen LogP contribution in [0.25, 0.3) is 0 Å². The van der Waals surface area contributed by atoms with Gasteiger partial charge in [0, 0.05) is 38.0 Å². The minimum Gasteiger partial charge on any atom is -0.493 e. The number of aliphatic hydroxyl groups is 1. The molecule has 2 N–H and O–H groups in total. The number of carbonyl (C=O) groups excluding carboxylic acids is 2. The number of rotatable bonds is 10. The zero-order chi connectivity index (χ0) is 29.2. The van der Waals surface area contributed by atoms with Gasteiger partial charge in [-0.25, -0.2) is 0 Å².